The van der Waals surface area contributed by atoms with Crippen molar-refractivity contribution in [2.45, 2.75) is 20.5 Å². The molecule has 3 aromatic rings. The Morgan fingerprint density at radius 1 is 1.10 bits per heavy atom. The molecule has 1 aromatic carbocycles. The average Bonchev–Trinajstić information content (AvgIpc) is 2.88. The second kappa shape index (κ2) is 5.79. The molecule has 2 heterocycles. The fourth-order valence-electron chi connectivity index (χ4n) is 2.20. The van der Waals surface area contributed by atoms with Crippen molar-refractivity contribution >= 4 is 0 Å². The molecule has 0 aliphatic rings. The summed E-state index contributed by atoms with van der Waals surface area (Å²) in [4.78, 5) is 4.10. The molecule has 0 unspecified atom stereocenters. The van der Waals surface area contributed by atoms with E-state index in [1.807, 2.05) is 61.0 Å². The van der Waals surface area contributed by atoms with Crippen LogP contribution >= 0.6 is 0 Å². The van der Waals surface area contributed by atoms with Crippen molar-refractivity contribution in [3.8, 4) is 11.4 Å². The molecule has 0 fully saturated rings. The van der Waals surface area contributed by atoms with Gasteiger partial charge in [-0.25, -0.2) is 4.68 Å². The van der Waals surface area contributed by atoms with Gasteiger partial charge in [0.1, 0.15) is 12.4 Å². The number of ether oxygens (including phenoxy) is 1. The molecule has 3 rings (SSSR count). The van der Waals surface area contributed by atoms with Gasteiger partial charge in [0, 0.05) is 6.20 Å². The predicted octanol–water partition coefficient (Wildman–Crippen LogP) is 3.46. The van der Waals surface area contributed by atoms with Crippen LogP contribution in [0.1, 0.15) is 17.0 Å². The summed E-state index contributed by atoms with van der Waals surface area (Å²) in [6, 6.07) is 14.0. The molecule has 0 saturated carbocycles. The summed E-state index contributed by atoms with van der Waals surface area (Å²) in [5.41, 5.74) is 4.10. The molecule has 0 amide bonds. The van der Waals surface area contributed by atoms with E-state index in [-0.39, 0.29) is 0 Å². The van der Waals surface area contributed by atoms with Crippen LogP contribution in [0.5, 0.6) is 5.75 Å². The van der Waals surface area contributed by atoms with E-state index in [1.54, 1.807) is 12.4 Å². The molecule has 4 nitrogen and oxygen atoms in total. The van der Waals surface area contributed by atoms with Gasteiger partial charge in [-0.2, -0.15) is 5.10 Å². The Morgan fingerprint density at radius 2 is 1.90 bits per heavy atom. The van der Waals surface area contributed by atoms with Gasteiger partial charge in [-0.05, 0) is 43.7 Å². The summed E-state index contributed by atoms with van der Waals surface area (Å²) < 4.78 is 7.79. The first-order chi connectivity index (χ1) is 10.2. The number of nitrogens with zero attached hydrogens (tertiary/aromatic N) is 3. The molecular formula is C17H17N3O. The molecule has 0 radical (unpaired) electrons. The molecule has 4 heteroatoms. The maximum Gasteiger partial charge on any atom is 0.141 e. The van der Waals surface area contributed by atoms with E-state index in [0.717, 1.165) is 28.4 Å². The lowest BCUT2D eigenvalue weighted by Crippen LogP contribution is -2.06. The largest absolute Gasteiger partial charge is 0.485 e. The van der Waals surface area contributed by atoms with Gasteiger partial charge >= 0.3 is 0 Å². The van der Waals surface area contributed by atoms with Crippen molar-refractivity contribution in [3.05, 3.63) is 71.8 Å². The summed E-state index contributed by atoms with van der Waals surface area (Å²) >= 11 is 0. The fraction of sp³-hybridized carbons (Fsp3) is 0.176. The summed E-state index contributed by atoms with van der Waals surface area (Å²) in [5.74, 6) is 0.802. The lowest BCUT2D eigenvalue weighted by atomic mass is 10.3. The molecule has 2 aromatic heterocycles. The number of hydrogen-bond acceptors (Lipinski definition) is 3. The number of pyridine rings is 1. The third-order valence-electron chi connectivity index (χ3n) is 3.27. The molecule has 0 aliphatic heterocycles. The highest BCUT2D eigenvalue weighted by Gasteiger charge is 2.09. The van der Waals surface area contributed by atoms with Gasteiger partial charge in [0.15, 0.2) is 0 Å². The molecule has 0 aliphatic carbocycles. The van der Waals surface area contributed by atoms with Crippen LogP contribution in [0.4, 0.5) is 0 Å². The Kier molecular flexibility index (Phi) is 3.69. The SMILES string of the molecule is Cc1cc(COc2cnccc2C)n(-c2ccccc2)n1. The number of aryl methyl sites for hydroxylation is 2. The van der Waals surface area contributed by atoms with Crippen molar-refractivity contribution in [1.29, 1.82) is 0 Å². The van der Waals surface area contributed by atoms with Crippen LogP contribution in [0.2, 0.25) is 0 Å². The molecule has 0 N–H and O–H groups in total. The Labute approximate surface area is 124 Å². The zero-order valence-corrected chi connectivity index (χ0v) is 12.2. The van der Waals surface area contributed by atoms with Gasteiger partial charge in [0.2, 0.25) is 0 Å². The third-order valence-corrected chi connectivity index (χ3v) is 3.27. The monoisotopic (exact) mass is 279 g/mol. The second-order valence-electron chi connectivity index (χ2n) is 4.95. The highest BCUT2D eigenvalue weighted by atomic mass is 16.5. The maximum atomic E-state index is 5.87. The third kappa shape index (κ3) is 2.94. The van der Waals surface area contributed by atoms with E-state index < -0.39 is 0 Å². The van der Waals surface area contributed by atoms with Crippen LogP contribution in [0.15, 0.2) is 54.9 Å². The van der Waals surface area contributed by atoms with E-state index in [4.69, 9.17) is 4.74 Å². The number of para-hydroxylation sites is 1. The van der Waals surface area contributed by atoms with E-state index in [2.05, 4.69) is 10.1 Å². The predicted molar refractivity (Wildman–Crippen MR) is 81.6 cm³/mol. The fourth-order valence-corrected chi connectivity index (χ4v) is 2.20. The van der Waals surface area contributed by atoms with Crippen LogP contribution in [-0.2, 0) is 6.61 Å². The number of hydrogen-bond donors (Lipinski definition) is 0. The van der Waals surface area contributed by atoms with Gasteiger partial charge in [-0.15, -0.1) is 0 Å². The first-order valence-corrected chi connectivity index (χ1v) is 6.88. The van der Waals surface area contributed by atoms with Gasteiger partial charge < -0.3 is 4.74 Å². The molecule has 0 spiro atoms. The Hall–Kier alpha value is -2.62. The van der Waals surface area contributed by atoms with Crippen LogP contribution in [0, 0.1) is 13.8 Å². The van der Waals surface area contributed by atoms with Gasteiger partial charge in [-0.1, -0.05) is 18.2 Å². The van der Waals surface area contributed by atoms with Crippen LogP contribution in [0.25, 0.3) is 5.69 Å². The first-order valence-electron chi connectivity index (χ1n) is 6.88. The average molecular weight is 279 g/mol. The normalized spacial score (nSPS) is 10.6. The molecule has 0 saturated heterocycles. The van der Waals surface area contributed by atoms with E-state index in [9.17, 15) is 0 Å². The Balaban J connectivity index is 1.85. The van der Waals surface area contributed by atoms with E-state index in [1.165, 1.54) is 0 Å². The summed E-state index contributed by atoms with van der Waals surface area (Å²) in [6.07, 6.45) is 3.51. The molecule has 0 atom stereocenters. The maximum absolute atomic E-state index is 5.87. The van der Waals surface area contributed by atoms with Crippen LogP contribution in [-0.4, -0.2) is 14.8 Å². The molecule has 106 valence electrons. The van der Waals surface area contributed by atoms with Gasteiger partial charge in [0.05, 0.1) is 23.3 Å². The van der Waals surface area contributed by atoms with Gasteiger partial charge in [-0.3, -0.25) is 4.98 Å². The number of aromatic nitrogens is 3. The minimum Gasteiger partial charge on any atom is -0.485 e. The minimum absolute atomic E-state index is 0.461. The molecular weight excluding hydrogens is 262 g/mol. The summed E-state index contributed by atoms with van der Waals surface area (Å²) in [5, 5.41) is 4.54. The smallest absolute Gasteiger partial charge is 0.141 e. The zero-order valence-electron chi connectivity index (χ0n) is 12.2. The Bertz CT molecular complexity index is 735. The lowest BCUT2D eigenvalue weighted by molar-refractivity contribution is 0.294. The standard InChI is InChI=1S/C17H17N3O/c1-13-8-9-18-11-17(13)21-12-16-10-14(2)19-20(16)15-6-4-3-5-7-15/h3-11H,12H2,1-2H3. The van der Waals surface area contributed by atoms with E-state index in [0.29, 0.717) is 6.61 Å². The first kappa shape index (κ1) is 13.4. The van der Waals surface area contributed by atoms with Crippen molar-refractivity contribution in [2.24, 2.45) is 0 Å². The highest BCUT2D eigenvalue weighted by molar-refractivity contribution is 5.34. The molecule has 0 bridgehead atoms. The van der Waals surface area contributed by atoms with Crippen molar-refractivity contribution in [1.82, 2.24) is 14.8 Å². The number of benzene rings is 1. The van der Waals surface area contributed by atoms with Gasteiger partial charge in [0.25, 0.3) is 0 Å². The van der Waals surface area contributed by atoms with E-state index >= 15 is 0 Å². The quantitative estimate of drug-likeness (QED) is 0.734. The topological polar surface area (TPSA) is 39.9 Å². The van der Waals surface area contributed by atoms with Crippen LogP contribution in [0.3, 0.4) is 0 Å². The minimum atomic E-state index is 0.461. The van der Waals surface area contributed by atoms with Crippen molar-refractivity contribution in [3.63, 3.8) is 0 Å². The Morgan fingerprint density at radius 3 is 2.67 bits per heavy atom. The second-order valence-corrected chi connectivity index (χ2v) is 4.95. The van der Waals surface area contributed by atoms with Crippen molar-refractivity contribution < 1.29 is 4.74 Å². The number of rotatable bonds is 4. The summed E-state index contributed by atoms with van der Waals surface area (Å²) in [7, 11) is 0. The van der Waals surface area contributed by atoms with Crippen molar-refractivity contribution in [2.75, 3.05) is 0 Å². The zero-order chi connectivity index (χ0) is 14.7. The highest BCUT2D eigenvalue weighted by Crippen LogP contribution is 2.18. The summed E-state index contributed by atoms with van der Waals surface area (Å²) in [6.45, 7) is 4.46. The van der Waals surface area contributed by atoms with Crippen LogP contribution < -0.4 is 4.74 Å². The molecule has 21 heavy (non-hydrogen) atoms. The lowest BCUT2D eigenvalue weighted by Gasteiger charge is -2.10.